The third kappa shape index (κ3) is 8.18. The molecule has 0 heterocycles. The molecule has 0 bridgehead atoms. The van der Waals surface area contributed by atoms with E-state index in [9.17, 15) is 52.7 Å². The molecule has 0 saturated heterocycles. The number of hydrogen-bond donors (Lipinski definition) is 0. The number of carbonyl (C=O) groups is 1. The average Bonchev–Trinajstić information content (AvgIpc) is 3.11. The lowest BCUT2D eigenvalue weighted by Crippen LogP contribution is -2.63. The zero-order valence-electron chi connectivity index (χ0n) is 27.6. The zero-order valence-corrected chi connectivity index (χ0v) is 28.4. The van der Waals surface area contributed by atoms with Crippen LogP contribution in [0, 0.1) is 0 Å². The predicted octanol–water partition coefficient (Wildman–Crippen LogP) is 10.8. The molecule has 4 aromatic rings. The molecule has 0 amide bonds. The van der Waals surface area contributed by atoms with Crippen molar-refractivity contribution in [3.05, 3.63) is 97.1 Å². The van der Waals surface area contributed by atoms with Gasteiger partial charge < -0.3 is 9.64 Å². The fourth-order valence-electron chi connectivity index (χ4n) is 4.61. The van der Waals surface area contributed by atoms with Crippen molar-refractivity contribution >= 4 is 55.0 Å². The Bertz CT molecular complexity index is 2140. The van der Waals surface area contributed by atoms with Crippen molar-refractivity contribution in [2.24, 2.45) is 20.5 Å². The summed E-state index contributed by atoms with van der Waals surface area (Å²) < 4.78 is 150. The predicted molar refractivity (Wildman–Crippen MR) is 177 cm³/mol. The molecule has 282 valence electrons. The van der Waals surface area contributed by atoms with E-state index in [0.717, 1.165) is 5.69 Å². The van der Waals surface area contributed by atoms with Crippen molar-refractivity contribution in [2.45, 2.75) is 42.0 Å². The lowest BCUT2D eigenvalue weighted by atomic mass is 10.1. The minimum atomic E-state index is -7.38. The van der Waals surface area contributed by atoms with Gasteiger partial charge in [-0.25, -0.2) is 13.2 Å². The molecule has 0 aliphatic rings. The average molecular weight is 774 g/mol. The SMILES string of the molecule is C=C(C)C(=O)OCCN(CC)c1ccc(N=Nc2ccc(N=Nc3ccc(S(=O)(=O)C(F)(F)C(F)(F)C(F)(F)C(F)(F)F)cc3)c3ccccc23)cc1. The van der Waals surface area contributed by atoms with Gasteiger partial charge in [-0.3, -0.25) is 0 Å². The van der Waals surface area contributed by atoms with Crippen molar-refractivity contribution in [2.75, 3.05) is 24.6 Å². The summed E-state index contributed by atoms with van der Waals surface area (Å²) in [6.07, 6.45) is -7.18. The maximum Gasteiger partial charge on any atom is 0.460 e. The largest absolute Gasteiger partial charge is 0.460 e. The Morgan fingerprint density at radius 3 is 1.62 bits per heavy atom. The normalized spacial score (nSPS) is 13.2. The van der Waals surface area contributed by atoms with Crippen LogP contribution >= 0.6 is 0 Å². The van der Waals surface area contributed by atoms with E-state index in [1.54, 1.807) is 49.4 Å². The van der Waals surface area contributed by atoms with Gasteiger partial charge in [-0.05, 0) is 74.5 Å². The molecule has 0 spiro atoms. The van der Waals surface area contributed by atoms with Crippen LogP contribution in [-0.2, 0) is 19.4 Å². The van der Waals surface area contributed by atoms with Crippen LogP contribution in [0.3, 0.4) is 0 Å². The monoisotopic (exact) mass is 773 g/mol. The molecule has 0 aliphatic heterocycles. The van der Waals surface area contributed by atoms with Gasteiger partial charge in [0.2, 0.25) is 9.84 Å². The molecule has 0 aliphatic carbocycles. The minimum Gasteiger partial charge on any atom is -0.460 e. The molecule has 9 nitrogen and oxygen atoms in total. The second-order valence-electron chi connectivity index (χ2n) is 11.2. The Kier molecular flexibility index (Phi) is 11.7. The highest BCUT2D eigenvalue weighted by Crippen LogP contribution is 2.55. The smallest absolute Gasteiger partial charge is 0.460 e. The Morgan fingerprint density at radius 2 is 1.19 bits per heavy atom. The number of rotatable bonds is 14. The zero-order chi connectivity index (χ0) is 39.4. The van der Waals surface area contributed by atoms with Gasteiger partial charge in [0.1, 0.15) is 6.61 Å². The first-order chi connectivity index (χ1) is 24.7. The van der Waals surface area contributed by atoms with E-state index in [1.807, 2.05) is 24.0 Å². The first-order valence-corrected chi connectivity index (χ1v) is 16.7. The van der Waals surface area contributed by atoms with Crippen molar-refractivity contribution < 1.29 is 57.5 Å². The summed E-state index contributed by atoms with van der Waals surface area (Å²) in [4.78, 5) is 12.0. The number of sulfone groups is 1. The Labute approximate surface area is 296 Å². The molecule has 0 aromatic heterocycles. The van der Waals surface area contributed by atoms with Crippen molar-refractivity contribution in [3.63, 3.8) is 0 Å². The van der Waals surface area contributed by atoms with Gasteiger partial charge >= 0.3 is 29.2 Å². The number of halogens is 9. The van der Waals surface area contributed by atoms with Gasteiger partial charge in [-0.15, -0.1) is 10.2 Å². The quantitative estimate of drug-likeness (QED) is 0.0548. The number of benzene rings is 4. The van der Waals surface area contributed by atoms with Crippen LogP contribution in [0.2, 0.25) is 0 Å². The highest BCUT2D eigenvalue weighted by Gasteiger charge is 2.85. The number of likely N-dealkylation sites (N-methyl/N-ethyl adjacent to an activating group) is 1. The van der Waals surface area contributed by atoms with Crippen LogP contribution in [0.4, 0.5) is 68.0 Å². The standard InChI is InChI=1S/C34H28F9N5O4S/c1-4-48(19-20-52-30(49)21(2)3)24-13-9-22(10-14-24)44-46-28-17-18-29(27-8-6-5-7-26(27)28)47-45-23-11-15-25(16-12-23)53(50,51)34(42,43)32(37,38)31(35,36)33(39,40)41/h5-18H,2,4,19-20H2,1,3H3. The van der Waals surface area contributed by atoms with E-state index in [1.165, 1.54) is 6.07 Å². The summed E-state index contributed by atoms with van der Waals surface area (Å²) in [6.45, 7) is 8.33. The van der Waals surface area contributed by atoms with Crippen LogP contribution in [0.1, 0.15) is 13.8 Å². The summed E-state index contributed by atoms with van der Waals surface area (Å²) in [5.41, 5.74) is 2.15. The van der Waals surface area contributed by atoms with Crippen LogP contribution in [0.15, 0.2) is 122 Å². The summed E-state index contributed by atoms with van der Waals surface area (Å²) >= 11 is 0. The van der Waals surface area contributed by atoms with E-state index in [4.69, 9.17) is 4.74 Å². The van der Waals surface area contributed by atoms with Crippen molar-refractivity contribution in [3.8, 4) is 0 Å². The third-order valence-corrected chi connectivity index (χ3v) is 9.39. The first kappa shape index (κ1) is 40.4. The Balaban J connectivity index is 1.51. The fourth-order valence-corrected chi connectivity index (χ4v) is 5.86. The fraction of sp³-hybridized carbons (Fsp3) is 0.265. The lowest BCUT2D eigenvalue weighted by Gasteiger charge is -2.33. The first-order valence-electron chi connectivity index (χ1n) is 15.2. The molecule has 4 rings (SSSR count). The van der Waals surface area contributed by atoms with E-state index in [-0.39, 0.29) is 30.1 Å². The van der Waals surface area contributed by atoms with Crippen LogP contribution in [0.25, 0.3) is 10.8 Å². The second-order valence-corrected chi connectivity index (χ2v) is 13.2. The van der Waals surface area contributed by atoms with Gasteiger partial charge in [-0.2, -0.15) is 49.7 Å². The molecule has 0 fully saturated rings. The van der Waals surface area contributed by atoms with Gasteiger partial charge in [0.05, 0.1) is 34.2 Å². The van der Waals surface area contributed by atoms with E-state index in [0.29, 0.717) is 52.9 Å². The molecular weight excluding hydrogens is 745 g/mol. The third-order valence-electron chi connectivity index (χ3n) is 7.56. The molecular formula is C34H28F9N5O4S. The minimum absolute atomic E-state index is 0.175. The Hall–Kier alpha value is -5.33. The maximum atomic E-state index is 14.2. The summed E-state index contributed by atoms with van der Waals surface area (Å²) in [5, 5.41) is 10.8. The van der Waals surface area contributed by atoms with Crippen molar-refractivity contribution in [1.82, 2.24) is 0 Å². The number of nitrogens with zero attached hydrogens (tertiary/aromatic N) is 5. The van der Waals surface area contributed by atoms with E-state index >= 15 is 0 Å². The number of anilines is 1. The highest BCUT2D eigenvalue weighted by molar-refractivity contribution is 7.92. The van der Waals surface area contributed by atoms with Crippen LogP contribution < -0.4 is 4.90 Å². The molecule has 0 unspecified atom stereocenters. The highest BCUT2D eigenvalue weighted by atomic mass is 32.2. The summed E-state index contributed by atoms with van der Waals surface area (Å²) in [5.74, 6) is -15.2. The molecule has 0 radical (unpaired) electrons. The molecule has 0 atom stereocenters. The number of alkyl halides is 9. The van der Waals surface area contributed by atoms with Crippen LogP contribution in [-0.4, -0.2) is 57.4 Å². The number of esters is 1. The molecule has 53 heavy (non-hydrogen) atoms. The summed E-state index contributed by atoms with van der Waals surface area (Å²) in [6, 6.07) is 19.0. The number of azo groups is 2. The number of carbonyl (C=O) groups excluding carboxylic acids is 1. The van der Waals surface area contributed by atoms with Crippen molar-refractivity contribution in [1.29, 1.82) is 0 Å². The number of ether oxygens (including phenoxy) is 1. The topological polar surface area (TPSA) is 113 Å². The van der Waals surface area contributed by atoms with Gasteiger partial charge in [0.15, 0.2) is 0 Å². The number of fused-ring (bicyclic) bond motifs is 1. The van der Waals surface area contributed by atoms with Crippen LogP contribution in [0.5, 0.6) is 0 Å². The van der Waals surface area contributed by atoms with Gasteiger partial charge in [0.25, 0.3) is 0 Å². The second kappa shape index (κ2) is 15.3. The molecule has 4 aromatic carbocycles. The Morgan fingerprint density at radius 1 is 0.717 bits per heavy atom. The molecule has 0 N–H and O–H groups in total. The van der Waals surface area contributed by atoms with E-state index in [2.05, 4.69) is 27.0 Å². The number of hydrogen-bond acceptors (Lipinski definition) is 9. The molecule has 0 saturated carbocycles. The van der Waals surface area contributed by atoms with Gasteiger partial charge in [-0.1, -0.05) is 30.8 Å². The molecule has 19 heteroatoms. The maximum absolute atomic E-state index is 14.2. The summed E-state index contributed by atoms with van der Waals surface area (Å²) in [7, 11) is -6.77. The van der Waals surface area contributed by atoms with Gasteiger partial charge in [0, 0.05) is 28.6 Å². The van der Waals surface area contributed by atoms with E-state index < -0.39 is 44.0 Å². The lowest BCUT2D eigenvalue weighted by molar-refractivity contribution is -0.382.